The van der Waals surface area contributed by atoms with Gasteiger partial charge < -0.3 is 5.11 Å². The first kappa shape index (κ1) is 13.8. The van der Waals surface area contributed by atoms with E-state index in [9.17, 15) is 5.11 Å². The number of hydrogen-bond donors (Lipinski definition) is 1. The van der Waals surface area contributed by atoms with Crippen molar-refractivity contribution in [1.82, 2.24) is 0 Å². The molecule has 1 unspecified atom stereocenters. The summed E-state index contributed by atoms with van der Waals surface area (Å²) < 4.78 is 0. The number of aliphatic hydroxyl groups is 1. The van der Waals surface area contributed by atoms with Gasteiger partial charge in [-0.05, 0) is 53.3 Å². The van der Waals surface area contributed by atoms with Gasteiger partial charge in [0.05, 0.1) is 6.10 Å². The zero-order chi connectivity index (χ0) is 14.7. The SMILES string of the molecule is Cc1ccccc1CCC(O)c1ccc2ccccc2c1. The normalized spacial score (nSPS) is 12.5. The average molecular weight is 276 g/mol. The van der Waals surface area contributed by atoms with E-state index in [1.165, 1.54) is 21.9 Å². The second-order valence-corrected chi connectivity index (χ2v) is 5.59. The lowest BCUT2D eigenvalue weighted by Crippen LogP contribution is -2.00. The number of rotatable bonds is 4. The molecule has 0 aliphatic rings. The first-order chi connectivity index (χ1) is 10.2. The van der Waals surface area contributed by atoms with Crippen molar-refractivity contribution >= 4 is 10.8 Å². The number of hydrogen-bond acceptors (Lipinski definition) is 1. The van der Waals surface area contributed by atoms with E-state index in [4.69, 9.17) is 0 Å². The zero-order valence-corrected chi connectivity index (χ0v) is 12.3. The zero-order valence-electron chi connectivity index (χ0n) is 12.3. The smallest absolute Gasteiger partial charge is 0.0793 e. The number of aryl methyl sites for hydroxylation is 2. The van der Waals surface area contributed by atoms with Crippen LogP contribution in [0.4, 0.5) is 0 Å². The second-order valence-electron chi connectivity index (χ2n) is 5.59. The minimum atomic E-state index is -0.408. The van der Waals surface area contributed by atoms with Crippen molar-refractivity contribution in [3.8, 4) is 0 Å². The van der Waals surface area contributed by atoms with Gasteiger partial charge >= 0.3 is 0 Å². The molecule has 0 saturated carbocycles. The molecule has 0 heterocycles. The summed E-state index contributed by atoms with van der Waals surface area (Å²) in [4.78, 5) is 0. The monoisotopic (exact) mass is 276 g/mol. The molecule has 0 amide bonds. The summed E-state index contributed by atoms with van der Waals surface area (Å²) in [6.07, 6.45) is 1.25. The minimum absolute atomic E-state index is 0.408. The lowest BCUT2D eigenvalue weighted by molar-refractivity contribution is 0.168. The molecule has 0 aliphatic carbocycles. The van der Waals surface area contributed by atoms with Crippen molar-refractivity contribution in [3.05, 3.63) is 83.4 Å². The van der Waals surface area contributed by atoms with Crippen LogP contribution in [0.5, 0.6) is 0 Å². The van der Waals surface area contributed by atoms with Gasteiger partial charge in [-0.25, -0.2) is 0 Å². The first-order valence-electron chi connectivity index (χ1n) is 7.45. The summed E-state index contributed by atoms with van der Waals surface area (Å²) in [6, 6.07) is 22.8. The van der Waals surface area contributed by atoms with Gasteiger partial charge in [-0.2, -0.15) is 0 Å². The van der Waals surface area contributed by atoms with Gasteiger partial charge in [0, 0.05) is 0 Å². The van der Waals surface area contributed by atoms with Crippen molar-refractivity contribution in [3.63, 3.8) is 0 Å². The number of aliphatic hydroxyl groups excluding tert-OH is 1. The molecule has 106 valence electrons. The van der Waals surface area contributed by atoms with Crippen LogP contribution in [0.25, 0.3) is 10.8 Å². The maximum absolute atomic E-state index is 10.4. The van der Waals surface area contributed by atoms with Gasteiger partial charge in [0.15, 0.2) is 0 Å². The molecule has 3 aromatic carbocycles. The standard InChI is InChI=1S/C20H20O/c1-15-6-2-3-7-16(15)12-13-20(21)19-11-10-17-8-4-5-9-18(17)14-19/h2-11,14,20-21H,12-13H2,1H3. The Kier molecular flexibility index (Phi) is 4.03. The largest absolute Gasteiger partial charge is 0.388 e. The molecule has 1 atom stereocenters. The molecule has 21 heavy (non-hydrogen) atoms. The van der Waals surface area contributed by atoms with Crippen LogP contribution in [0.2, 0.25) is 0 Å². The molecule has 3 rings (SSSR count). The Morgan fingerprint density at radius 2 is 1.57 bits per heavy atom. The molecule has 0 fully saturated rings. The Labute approximate surface area is 125 Å². The molecule has 0 spiro atoms. The molecule has 1 heteroatoms. The molecule has 3 aromatic rings. The van der Waals surface area contributed by atoms with Crippen LogP contribution in [0.3, 0.4) is 0 Å². The summed E-state index contributed by atoms with van der Waals surface area (Å²) in [5.41, 5.74) is 3.61. The third kappa shape index (κ3) is 3.14. The fraction of sp³-hybridized carbons (Fsp3) is 0.200. The van der Waals surface area contributed by atoms with Crippen molar-refractivity contribution in [2.45, 2.75) is 25.9 Å². The average Bonchev–Trinajstić information content (AvgIpc) is 2.53. The van der Waals surface area contributed by atoms with Crippen LogP contribution in [0, 0.1) is 6.92 Å². The second kappa shape index (κ2) is 6.11. The Balaban J connectivity index is 1.75. The summed E-state index contributed by atoms with van der Waals surface area (Å²) in [7, 11) is 0. The number of fused-ring (bicyclic) bond motifs is 1. The molecule has 0 aliphatic heterocycles. The van der Waals surface area contributed by atoms with Crippen LogP contribution < -0.4 is 0 Å². The van der Waals surface area contributed by atoms with E-state index in [0.717, 1.165) is 18.4 Å². The summed E-state index contributed by atoms with van der Waals surface area (Å²) in [5.74, 6) is 0. The fourth-order valence-corrected chi connectivity index (χ4v) is 2.76. The van der Waals surface area contributed by atoms with Crippen molar-refractivity contribution in [2.75, 3.05) is 0 Å². The van der Waals surface area contributed by atoms with Gasteiger partial charge in [-0.15, -0.1) is 0 Å². The van der Waals surface area contributed by atoms with E-state index in [1.54, 1.807) is 0 Å². The molecule has 1 nitrogen and oxygen atoms in total. The van der Waals surface area contributed by atoms with E-state index in [-0.39, 0.29) is 0 Å². The predicted molar refractivity (Wildman–Crippen MR) is 88.4 cm³/mol. The summed E-state index contributed by atoms with van der Waals surface area (Å²) in [6.45, 7) is 2.12. The molecule has 0 bridgehead atoms. The maximum atomic E-state index is 10.4. The Bertz CT molecular complexity index is 745. The Morgan fingerprint density at radius 1 is 0.857 bits per heavy atom. The van der Waals surface area contributed by atoms with E-state index in [2.05, 4.69) is 55.5 Å². The molecule has 1 N–H and O–H groups in total. The molecule has 0 saturated heterocycles. The lowest BCUT2D eigenvalue weighted by Gasteiger charge is -2.13. The maximum Gasteiger partial charge on any atom is 0.0793 e. The van der Waals surface area contributed by atoms with E-state index >= 15 is 0 Å². The third-order valence-electron chi connectivity index (χ3n) is 4.11. The summed E-state index contributed by atoms with van der Waals surface area (Å²) >= 11 is 0. The van der Waals surface area contributed by atoms with Crippen LogP contribution in [-0.2, 0) is 6.42 Å². The van der Waals surface area contributed by atoms with Gasteiger partial charge in [0.1, 0.15) is 0 Å². The van der Waals surface area contributed by atoms with Crippen LogP contribution >= 0.6 is 0 Å². The van der Waals surface area contributed by atoms with Gasteiger partial charge in [0.2, 0.25) is 0 Å². The van der Waals surface area contributed by atoms with Crippen LogP contribution in [0.15, 0.2) is 66.7 Å². The molecule has 0 radical (unpaired) electrons. The Hall–Kier alpha value is -2.12. The number of benzene rings is 3. The highest BCUT2D eigenvalue weighted by atomic mass is 16.3. The highest BCUT2D eigenvalue weighted by Gasteiger charge is 2.09. The van der Waals surface area contributed by atoms with Crippen molar-refractivity contribution in [1.29, 1.82) is 0 Å². The van der Waals surface area contributed by atoms with Crippen molar-refractivity contribution < 1.29 is 5.11 Å². The van der Waals surface area contributed by atoms with Crippen LogP contribution in [0.1, 0.15) is 29.2 Å². The molecular weight excluding hydrogens is 256 g/mol. The third-order valence-corrected chi connectivity index (χ3v) is 4.11. The quantitative estimate of drug-likeness (QED) is 0.724. The van der Waals surface area contributed by atoms with Crippen LogP contribution in [-0.4, -0.2) is 5.11 Å². The first-order valence-corrected chi connectivity index (χ1v) is 7.45. The van der Waals surface area contributed by atoms with E-state index < -0.39 is 6.10 Å². The fourth-order valence-electron chi connectivity index (χ4n) is 2.76. The predicted octanol–water partition coefficient (Wildman–Crippen LogP) is 4.81. The van der Waals surface area contributed by atoms with E-state index in [1.807, 2.05) is 18.2 Å². The molecule has 0 aromatic heterocycles. The minimum Gasteiger partial charge on any atom is -0.388 e. The topological polar surface area (TPSA) is 20.2 Å². The molecular formula is C20H20O. The van der Waals surface area contributed by atoms with Gasteiger partial charge in [0.25, 0.3) is 0 Å². The van der Waals surface area contributed by atoms with Crippen molar-refractivity contribution in [2.24, 2.45) is 0 Å². The summed E-state index contributed by atoms with van der Waals surface area (Å²) in [5, 5.41) is 12.8. The highest BCUT2D eigenvalue weighted by Crippen LogP contribution is 2.24. The lowest BCUT2D eigenvalue weighted by atomic mass is 9.97. The van der Waals surface area contributed by atoms with E-state index in [0.29, 0.717) is 0 Å². The van der Waals surface area contributed by atoms with Gasteiger partial charge in [-0.1, -0.05) is 60.7 Å². The Morgan fingerprint density at radius 3 is 2.38 bits per heavy atom. The van der Waals surface area contributed by atoms with Gasteiger partial charge in [-0.3, -0.25) is 0 Å². The highest BCUT2D eigenvalue weighted by molar-refractivity contribution is 5.83.